The zero-order chi connectivity index (χ0) is 18.4. The topological polar surface area (TPSA) is 41.6 Å². The van der Waals surface area contributed by atoms with Gasteiger partial charge in [-0.1, -0.05) is 42.5 Å². The maximum absolute atomic E-state index is 12.7. The fourth-order valence-corrected chi connectivity index (χ4v) is 4.19. The van der Waals surface area contributed by atoms with E-state index in [2.05, 4.69) is 23.2 Å². The molecule has 1 fully saturated rings. The molecule has 0 spiro atoms. The smallest absolute Gasteiger partial charge is 0.258 e. The highest BCUT2D eigenvalue weighted by molar-refractivity contribution is 7.99. The Balaban J connectivity index is 1.72. The lowest BCUT2D eigenvalue weighted by Gasteiger charge is -2.27. The van der Waals surface area contributed by atoms with Crippen molar-refractivity contribution < 1.29 is 9.53 Å². The summed E-state index contributed by atoms with van der Waals surface area (Å²) in [4.78, 5) is 15.2. The Morgan fingerprint density at radius 1 is 1.15 bits per heavy atom. The van der Waals surface area contributed by atoms with Gasteiger partial charge in [-0.05, 0) is 29.7 Å². The van der Waals surface area contributed by atoms with Crippen molar-refractivity contribution >= 4 is 23.4 Å². The number of anilines is 1. The Morgan fingerprint density at radius 2 is 1.88 bits per heavy atom. The van der Waals surface area contributed by atoms with E-state index in [9.17, 15) is 4.79 Å². The molecule has 1 heterocycles. The number of carbonyl (C=O) groups excluding carboxylic acids is 1. The average molecular weight is 371 g/mol. The molecule has 1 amide bonds. The number of methoxy groups -OCH3 is 1. The minimum atomic E-state index is -0.613. The maximum atomic E-state index is 12.7. The first-order chi connectivity index (χ1) is 12.7. The number of carbonyl (C=O) groups is 1. The first-order valence-corrected chi connectivity index (χ1v) is 10.1. The van der Waals surface area contributed by atoms with E-state index in [0.717, 1.165) is 36.4 Å². The van der Waals surface area contributed by atoms with Gasteiger partial charge in [0.05, 0.1) is 0 Å². The van der Waals surface area contributed by atoms with Crippen molar-refractivity contribution in [1.29, 1.82) is 0 Å². The summed E-state index contributed by atoms with van der Waals surface area (Å²) in [6, 6.07) is 15.7. The number of thioether (sulfide) groups is 1. The van der Waals surface area contributed by atoms with Gasteiger partial charge in [-0.2, -0.15) is 11.8 Å². The van der Waals surface area contributed by atoms with Gasteiger partial charge in [0.25, 0.3) is 5.91 Å². The highest BCUT2D eigenvalue weighted by Crippen LogP contribution is 2.24. The fraction of sp³-hybridized carbons (Fsp3) is 0.381. The molecule has 3 rings (SSSR count). The second kappa shape index (κ2) is 9.21. The molecule has 5 heteroatoms. The summed E-state index contributed by atoms with van der Waals surface area (Å²) < 4.78 is 5.44. The highest BCUT2D eigenvalue weighted by atomic mass is 32.2. The van der Waals surface area contributed by atoms with Crippen LogP contribution in [0.4, 0.5) is 5.69 Å². The molecule has 1 aliphatic heterocycles. The van der Waals surface area contributed by atoms with Crippen molar-refractivity contribution in [3.63, 3.8) is 0 Å². The number of hydrogen-bond donors (Lipinski definition) is 1. The molecule has 2 aromatic rings. The molecule has 26 heavy (non-hydrogen) atoms. The van der Waals surface area contributed by atoms with Gasteiger partial charge >= 0.3 is 0 Å². The van der Waals surface area contributed by atoms with E-state index in [0.29, 0.717) is 0 Å². The second-order valence-electron chi connectivity index (χ2n) is 6.49. The summed E-state index contributed by atoms with van der Waals surface area (Å²) in [7, 11) is 1.56. The van der Waals surface area contributed by atoms with Gasteiger partial charge in [0.1, 0.15) is 0 Å². The zero-order valence-electron chi connectivity index (χ0n) is 15.4. The molecule has 1 unspecified atom stereocenters. The Morgan fingerprint density at radius 3 is 2.58 bits per heavy atom. The van der Waals surface area contributed by atoms with Crippen LogP contribution in [-0.4, -0.2) is 42.5 Å². The predicted molar refractivity (Wildman–Crippen MR) is 109 cm³/mol. The third kappa shape index (κ3) is 4.67. The van der Waals surface area contributed by atoms with E-state index in [1.165, 1.54) is 17.1 Å². The summed E-state index contributed by atoms with van der Waals surface area (Å²) in [6.45, 7) is 5.26. The van der Waals surface area contributed by atoms with Gasteiger partial charge < -0.3 is 10.1 Å². The van der Waals surface area contributed by atoms with Gasteiger partial charge in [0.2, 0.25) is 0 Å². The van der Waals surface area contributed by atoms with Crippen LogP contribution in [0, 0.1) is 6.92 Å². The van der Waals surface area contributed by atoms with Crippen LogP contribution >= 0.6 is 11.8 Å². The fourth-order valence-electron chi connectivity index (χ4n) is 3.21. The zero-order valence-corrected chi connectivity index (χ0v) is 16.2. The van der Waals surface area contributed by atoms with Crippen molar-refractivity contribution in [2.24, 2.45) is 0 Å². The van der Waals surface area contributed by atoms with Gasteiger partial charge in [0, 0.05) is 43.9 Å². The van der Waals surface area contributed by atoms with Crippen LogP contribution in [0.3, 0.4) is 0 Å². The van der Waals surface area contributed by atoms with E-state index < -0.39 is 6.10 Å². The van der Waals surface area contributed by atoms with Crippen molar-refractivity contribution in [2.45, 2.75) is 19.6 Å². The summed E-state index contributed by atoms with van der Waals surface area (Å²) in [5.41, 5.74) is 4.11. The van der Waals surface area contributed by atoms with Crippen LogP contribution in [0.5, 0.6) is 0 Å². The molecule has 0 radical (unpaired) electrons. The molecular weight excluding hydrogens is 344 g/mol. The molecule has 4 nitrogen and oxygen atoms in total. The third-order valence-corrected chi connectivity index (χ3v) is 5.72. The van der Waals surface area contributed by atoms with Crippen molar-refractivity contribution in [3.05, 3.63) is 65.2 Å². The molecule has 1 saturated heterocycles. The quantitative estimate of drug-likeness (QED) is 0.838. The lowest BCUT2D eigenvalue weighted by atomic mass is 10.0. The predicted octanol–water partition coefficient (Wildman–Crippen LogP) is 3.87. The summed E-state index contributed by atoms with van der Waals surface area (Å²) in [5, 5.41) is 3.05. The largest absolute Gasteiger partial charge is 0.367 e. The van der Waals surface area contributed by atoms with Crippen LogP contribution in [0.1, 0.15) is 22.8 Å². The molecule has 1 N–H and O–H groups in total. The minimum absolute atomic E-state index is 0.145. The number of nitrogens with zero attached hydrogens (tertiary/aromatic N) is 1. The number of rotatable bonds is 6. The van der Waals surface area contributed by atoms with E-state index >= 15 is 0 Å². The molecule has 138 valence electrons. The SMILES string of the molecule is COC(C(=O)Nc1cccc(CN2CCSCC2)c1C)c1ccccc1. The minimum Gasteiger partial charge on any atom is -0.367 e. The lowest BCUT2D eigenvalue weighted by molar-refractivity contribution is -0.126. The van der Waals surface area contributed by atoms with Crippen LogP contribution in [0.2, 0.25) is 0 Å². The molecule has 0 aliphatic carbocycles. The van der Waals surface area contributed by atoms with Crippen molar-refractivity contribution in [3.8, 4) is 0 Å². The number of benzene rings is 2. The molecule has 2 aromatic carbocycles. The second-order valence-corrected chi connectivity index (χ2v) is 7.72. The van der Waals surface area contributed by atoms with E-state index in [1.807, 2.05) is 54.2 Å². The van der Waals surface area contributed by atoms with Gasteiger partial charge in [-0.3, -0.25) is 9.69 Å². The van der Waals surface area contributed by atoms with E-state index in [4.69, 9.17) is 4.74 Å². The van der Waals surface area contributed by atoms with E-state index in [1.54, 1.807) is 7.11 Å². The lowest BCUT2D eigenvalue weighted by Crippen LogP contribution is -2.32. The maximum Gasteiger partial charge on any atom is 0.258 e. The Kier molecular flexibility index (Phi) is 6.72. The van der Waals surface area contributed by atoms with Gasteiger partial charge in [-0.25, -0.2) is 0 Å². The first kappa shape index (κ1) is 19.0. The van der Waals surface area contributed by atoms with Crippen LogP contribution in [-0.2, 0) is 16.1 Å². The summed E-state index contributed by atoms with van der Waals surface area (Å²) in [5.74, 6) is 2.25. The van der Waals surface area contributed by atoms with Crippen molar-refractivity contribution in [2.75, 3.05) is 37.0 Å². The van der Waals surface area contributed by atoms with Gasteiger partial charge in [0.15, 0.2) is 6.10 Å². The molecule has 1 aliphatic rings. The van der Waals surface area contributed by atoms with Crippen LogP contribution in [0.15, 0.2) is 48.5 Å². The van der Waals surface area contributed by atoms with Gasteiger partial charge in [-0.15, -0.1) is 0 Å². The molecule has 1 atom stereocenters. The summed E-state index contributed by atoms with van der Waals surface area (Å²) in [6.07, 6.45) is -0.613. The monoisotopic (exact) mass is 370 g/mol. The molecule has 0 saturated carbocycles. The highest BCUT2D eigenvalue weighted by Gasteiger charge is 2.21. The average Bonchev–Trinajstić information content (AvgIpc) is 2.67. The number of nitrogens with one attached hydrogen (secondary N) is 1. The number of hydrogen-bond acceptors (Lipinski definition) is 4. The van der Waals surface area contributed by atoms with Crippen LogP contribution in [0.25, 0.3) is 0 Å². The third-order valence-electron chi connectivity index (χ3n) is 4.78. The Bertz CT molecular complexity index is 730. The molecule has 0 aromatic heterocycles. The number of amides is 1. The summed E-state index contributed by atoms with van der Waals surface area (Å²) >= 11 is 2.02. The normalized spacial score (nSPS) is 16.2. The van der Waals surface area contributed by atoms with Crippen LogP contribution < -0.4 is 5.32 Å². The standard InChI is InChI=1S/C21H26N2O2S/c1-16-18(15-23-11-13-26-14-12-23)9-6-10-19(16)22-21(24)20(25-2)17-7-4-3-5-8-17/h3-10,20H,11-15H2,1-2H3,(H,22,24). The Labute approximate surface area is 159 Å². The Hall–Kier alpha value is -1.82. The first-order valence-electron chi connectivity index (χ1n) is 8.96. The number of ether oxygens (including phenoxy) is 1. The molecule has 0 bridgehead atoms. The van der Waals surface area contributed by atoms with E-state index in [-0.39, 0.29) is 5.91 Å². The molecular formula is C21H26N2O2S. The van der Waals surface area contributed by atoms with Crippen molar-refractivity contribution in [1.82, 2.24) is 4.90 Å².